The molecule has 1 N–H and O–H groups in total. The van der Waals surface area contributed by atoms with Crippen LogP contribution in [0.4, 0.5) is 5.69 Å². The molecule has 0 bridgehead atoms. The van der Waals surface area contributed by atoms with Gasteiger partial charge in [0, 0.05) is 5.69 Å². The van der Waals surface area contributed by atoms with Crippen LogP contribution in [-0.4, -0.2) is 25.6 Å². The van der Waals surface area contributed by atoms with E-state index in [1.165, 1.54) is 0 Å². The van der Waals surface area contributed by atoms with Crippen LogP contribution in [0.3, 0.4) is 0 Å². The first-order chi connectivity index (χ1) is 13.2. The molecule has 3 aromatic rings. The van der Waals surface area contributed by atoms with E-state index in [1.807, 2.05) is 42.5 Å². The highest BCUT2D eigenvalue weighted by molar-refractivity contribution is 5.95. The molecule has 0 heterocycles. The van der Waals surface area contributed by atoms with Gasteiger partial charge in [0.2, 0.25) is 0 Å². The number of rotatable bonds is 6. The van der Waals surface area contributed by atoms with E-state index in [2.05, 4.69) is 5.32 Å². The molecule has 136 valence electrons. The minimum Gasteiger partial charge on any atom is -0.497 e. The fourth-order valence-corrected chi connectivity index (χ4v) is 2.52. The largest absolute Gasteiger partial charge is 0.497 e. The highest BCUT2D eigenvalue weighted by Gasteiger charge is 2.11. The molecule has 0 aromatic heterocycles. The molecule has 0 radical (unpaired) electrons. The maximum absolute atomic E-state index is 12.1. The van der Waals surface area contributed by atoms with E-state index >= 15 is 0 Å². The average molecular weight is 361 g/mol. The summed E-state index contributed by atoms with van der Waals surface area (Å²) in [6.45, 7) is -0.356. The van der Waals surface area contributed by atoms with E-state index in [-0.39, 0.29) is 6.61 Å². The lowest BCUT2D eigenvalue weighted by Crippen LogP contribution is -2.20. The van der Waals surface area contributed by atoms with Crippen molar-refractivity contribution in [3.8, 4) is 16.9 Å². The molecular weight excluding hydrogens is 342 g/mol. The second-order valence-electron chi connectivity index (χ2n) is 5.80. The van der Waals surface area contributed by atoms with Crippen LogP contribution in [0.5, 0.6) is 5.75 Å². The van der Waals surface area contributed by atoms with Crippen LogP contribution in [0.25, 0.3) is 11.1 Å². The van der Waals surface area contributed by atoms with Gasteiger partial charge in [0.25, 0.3) is 5.91 Å². The predicted molar refractivity (Wildman–Crippen MR) is 104 cm³/mol. The van der Waals surface area contributed by atoms with Crippen molar-refractivity contribution in [1.82, 2.24) is 0 Å². The summed E-state index contributed by atoms with van der Waals surface area (Å²) >= 11 is 0. The zero-order valence-electron chi connectivity index (χ0n) is 14.8. The molecule has 5 heteroatoms. The number of nitrogens with one attached hydrogen (secondary N) is 1. The van der Waals surface area contributed by atoms with E-state index in [4.69, 9.17) is 9.47 Å². The summed E-state index contributed by atoms with van der Waals surface area (Å²) in [5.41, 5.74) is 3.07. The van der Waals surface area contributed by atoms with Gasteiger partial charge in [0.05, 0.1) is 12.7 Å². The van der Waals surface area contributed by atoms with E-state index < -0.39 is 11.9 Å². The molecule has 0 spiro atoms. The molecule has 0 aliphatic rings. The van der Waals surface area contributed by atoms with Crippen LogP contribution >= 0.6 is 0 Å². The zero-order chi connectivity index (χ0) is 19.1. The molecule has 0 fully saturated rings. The lowest BCUT2D eigenvalue weighted by molar-refractivity contribution is -0.119. The number of carbonyl (C=O) groups is 2. The first-order valence-electron chi connectivity index (χ1n) is 8.42. The number of amides is 1. The van der Waals surface area contributed by atoms with Gasteiger partial charge in [0.15, 0.2) is 6.61 Å². The first-order valence-corrected chi connectivity index (χ1v) is 8.42. The highest BCUT2D eigenvalue weighted by Crippen LogP contribution is 2.19. The van der Waals surface area contributed by atoms with Gasteiger partial charge in [-0.1, -0.05) is 42.5 Å². The van der Waals surface area contributed by atoms with E-state index in [1.54, 1.807) is 43.5 Å². The Kier molecular flexibility index (Phi) is 5.84. The summed E-state index contributed by atoms with van der Waals surface area (Å²) in [7, 11) is 1.57. The molecule has 1 amide bonds. The smallest absolute Gasteiger partial charge is 0.338 e. The molecule has 0 saturated carbocycles. The topological polar surface area (TPSA) is 64.6 Å². The Labute approximate surface area is 157 Å². The Hall–Kier alpha value is -3.60. The Bertz CT molecular complexity index is 903. The summed E-state index contributed by atoms with van der Waals surface area (Å²) in [6.07, 6.45) is 0. The maximum Gasteiger partial charge on any atom is 0.338 e. The Balaban J connectivity index is 1.53. The standard InChI is InChI=1S/C22H19NO4/c1-26-20-13-11-19(12-14-20)23-21(24)15-27-22(25)18-9-7-17(8-10-18)16-5-3-2-4-6-16/h2-14H,15H2,1H3,(H,23,24). The van der Waals surface area contributed by atoms with Crippen LogP contribution in [-0.2, 0) is 9.53 Å². The third kappa shape index (κ3) is 4.95. The number of hydrogen-bond acceptors (Lipinski definition) is 4. The van der Waals surface area contributed by atoms with Crippen LogP contribution < -0.4 is 10.1 Å². The van der Waals surface area contributed by atoms with E-state index in [0.29, 0.717) is 17.0 Å². The van der Waals surface area contributed by atoms with Gasteiger partial charge >= 0.3 is 5.97 Å². The lowest BCUT2D eigenvalue weighted by Gasteiger charge is -2.08. The second-order valence-corrected chi connectivity index (χ2v) is 5.80. The molecule has 0 unspecified atom stereocenters. The average Bonchev–Trinajstić information content (AvgIpc) is 2.73. The monoisotopic (exact) mass is 361 g/mol. The minimum absolute atomic E-state index is 0.356. The van der Waals surface area contributed by atoms with Crippen molar-refractivity contribution < 1.29 is 19.1 Å². The fourth-order valence-electron chi connectivity index (χ4n) is 2.52. The molecule has 0 atom stereocenters. The molecule has 27 heavy (non-hydrogen) atoms. The van der Waals surface area contributed by atoms with Gasteiger partial charge in [-0.15, -0.1) is 0 Å². The number of benzene rings is 3. The van der Waals surface area contributed by atoms with Crippen molar-refractivity contribution in [3.63, 3.8) is 0 Å². The third-order valence-corrected chi connectivity index (χ3v) is 3.94. The van der Waals surface area contributed by atoms with Crippen molar-refractivity contribution in [2.45, 2.75) is 0 Å². The van der Waals surface area contributed by atoms with Gasteiger partial charge in [-0.3, -0.25) is 4.79 Å². The number of anilines is 1. The van der Waals surface area contributed by atoms with Crippen LogP contribution in [0.15, 0.2) is 78.9 Å². The summed E-state index contributed by atoms with van der Waals surface area (Å²) < 4.78 is 10.1. The zero-order valence-corrected chi connectivity index (χ0v) is 14.8. The normalized spacial score (nSPS) is 10.1. The highest BCUT2D eigenvalue weighted by atomic mass is 16.5. The molecule has 0 aliphatic heterocycles. The summed E-state index contributed by atoms with van der Waals surface area (Å²) in [6, 6.07) is 23.8. The van der Waals surface area contributed by atoms with Gasteiger partial charge < -0.3 is 14.8 Å². The number of hydrogen-bond donors (Lipinski definition) is 1. The Morgan fingerprint density at radius 1 is 0.815 bits per heavy atom. The number of carbonyl (C=O) groups excluding carboxylic acids is 2. The van der Waals surface area contributed by atoms with Crippen molar-refractivity contribution in [2.24, 2.45) is 0 Å². The lowest BCUT2D eigenvalue weighted by atomic mass is 10.0. The van der Waals surface area contributed by atoms with Crippen molar-refractivity contribution >= 4 is 17.6 Å². The summed E-state index contributed by atoms with van der Waals surface area (Å²) in [4.78, 5) is 24.0. The third-order valence-electron chi connectivity index (χ3n) is 3.94. The molecule has 3 rings (SSSR count). The number of esters is 1. The van der Waals surface area contributed by atoms with Crippen LogP contribution in [0.2, 0.25) is 0 Å². The van der Waals surface area contributed by atoms with Gasteiger partial charge in [-0.25, -0.2) is 4.79 Å². The predicted octanol–water partition coefficient (Wildman–Crippen LogP) is 4.16. The van der Waals surface area contributed by atoms with Crippen molar-refractivity contribution in [2.75, 3.05) is 19.0 Å². The number of methoxy groups -OCH3 is 1. The molecule has 0 saturated heterocycles. The molecule has 5 nitrogen and oxygen atoms in total. The molecular formula is C22H19NO4. The first kappa shape index (κ1) is 18.2. The maximum atomic E-state index is 12.1. The van der Waals surface area contributed by atoms with E-state index in [9.17, 15) is 9.59 Å². The van der Waals surface area contributed by atoms with Crippen LogP contribution in [0.1, 0.15) is 10.4 Å². The van der Waals surface area contributed by atoms with Gasteiger partial charge in [-0.2, -0.15) is 0 Å². The van der Waals surface area contributed by atoms with Crippen molar-refractivity contribution in [3.05, 3.63) is 84.4 Å². The summed E-state index contributed by atoms with van der Waals surface area (Å²) in [5, 5.41) is 2.66. The minimum atomic E-state index is -0.542. The van der Waals surface area contributed by atoms with E-state index in [0.717, 1.165) is 11.1 Å². The fraction of sp³-hybridized carbons (Fsp3) is 0.0909. The molecule has 3 aromatic carbocycles. The Morgan fingerprint density at radius 3 is 2.07 bits per heavy atom. The quantitative estimate of drug-likeness (QED) is 0.670. The number of ether oxygens (including phenoxy) is 2. The second kappa shape index (κ2) is 8.67. The molecule has 0 aliphatic carbocycles. The van der Waals surface area contributed by atoms with Crippen LogP contribution in [0, 0.1) is 0 Å². The SMILES string of the molecule is COc1ccc(NC(=O)COC(=O)c2ccc(-c3ccccc3)cc2)cc1. The van der Waals surface area contributed by atoms with Gasteiger partial charge in [-0.05, 0) is 47.5 Å². The summed E-state index contributed by atoms with van der Waals surface area (Å²) in [5.74, 6) is -0.257. The van der Waals surface area contributed by atoms with Crippen molar-refractivity contribution in [1.29, 1.82) is 0 Å². The van der Waals surface area contributed by atoms with Gasteiger partial charge in [0.1, 0.15) is 5.75 Å². The Morgan fingerprint density at radius 2 is 1.44 bits per heavy atom.